The van der Waals surface area contributed by atoms with Gasteiger partial charge in [-0.1, -0.05) is 42.3 Å². The number of hydrogen-bond acceptors (Lipinski definition) is 4. The van der Waals surface area contributed by atoms with E-state index in [1.807, 2.05) is 18.2 Å². The average Bonchev–Trinajstić information content (AvgIpc) is 2.65. The lowest BCUT2D eigenvalue weighted by Gasteiger charge is -2.40. The van der Waals surface area contributed by atoms with Crippen LogP contribution in [0.5, 0.6) is 11.5 Å². The molecule has 1 aliphatic carbocycles. The Bertz CT molecular complexity index is 882. The van der Waals surface area contributed by atoms with E-state index in [1.54, 1.807) is 30.3 Å². The number of nitrogens with one attached hydrogen (secondary N) is 2. The van der Waals surface area contributed by atoms with Gasteiger partial charge in [-0.15, -0.1) is 0 Å². The minimum atomic E-state index is -0.830. The predicted octanol–water partition coefficient (Wildman–Crippen LogP) is 2.75. The van der Waals surface area contributed by atoms with Crippen LogP contribution in [0.3, 0.4) is 0 Å². The number of halogens is 1. The van der Waals surface area contributed by atoms with Crippen LogP contribution in [-0.2, 0) is 15.0 Å². The Morgan fingerprint density at radius 2 is 1.81 bits per heavy atom. The molecule has 2 amide bonds. The van der Waals surface area contributed by atoms with Crippen molar-refractivity contribution >= 4 is 23.4 Å². The molecule has 1 atom stereocenters. The smallest absolute Gasteiger partial charge is 0.283 e. The Kier molecular flexibility index (Phi) is 4.66. The van der Waals surface area contributed by atoms with Gasteiger partial charge in [0, 0.05) is 5.02 Å². The van der Waals surface area contributed by atoms with Crippen LogP contribution in [0.2, 0.25) is 5.02 Å². The number of benzene rings is 2. The molecule has 1 unspecified atom stereocenters. The van der Waals surface area contributed by atoms with Crippen LogP contribution in [0.15, 0.2) is 48.5 Å². The van der Waals surface area contributed by atoms with Crippen LogP contribution >= 0.6 is 11.6 Å². The van der Waals surface area contributed by atoms with Crippen molar-refractivity contribution in [3.05, 3.63) is 59.1 Å². The zero-order valence-electron chi connectivity index (χ0n) is 14.5. The van der Waals surface area contributed by atoms with Gasteiger partial charge in [-0.2, -0.15) is 0 Å². The van der Waals surface area contributed by atoms with Crippen LogP contribution in [0, 0.1) is 0 Å². The first-order valence-electron chi connectivity index (χ1n) is 8.83. The van der Waals surface area contributed by atoms with Gasteiger partial charge < -0.3 is 9.47 Å². The van der Waals surface area contributed by atoms with Crippen LogP contribution in [-0.4, -0.2) is 24.5 Å². The second-order valence-electron chi connectivity index (χ2n) is 6.75. The zero-order chi connectivity index (χ0) is 18.9. The van der Waals surface area contributed by atoms with Crippen molar-refractivity contribution in [1.82, 2.24) is 10.9 Å². The largest absolute Gasteiger partial charge is 0.485 e. The zero-order valence-corrected chi connectivity index (χ0v) is 15.3. The van der Waals surface area contributed by atoms with Crippen molar-refractivity contribution in [2.24, 2.45) is 0 Å². The lowest BCUT2D eigenvalue weighted by molar-refractivity contribution is -0.138. The van der Waals surface area contributed by atoms with Crippen molar-refractivity contribution in [3.8, 4) is 11.5 Å². The van der Waals surface area contributed by atoms with E-state index >= 15 is 0 Å². The van der Waals surface area contributed by atoms with Crippen molar-refractivity contribution in [2.45, 2.75) is 30.8 Å². The van der Waals surface area contributed by atoms with Crippen molar-refractivity contribution in [1.29, 1.82) is 0 Å². The molecule has 0 aromatic heterocycles. The molecule has 0 bridgehead atoms. The van der Waals surface area contributed by atoms with Gasteiger partial charge in [-0.05, 0) is 42.7 Å². The number of hydrogen-bond donors (Lipinski definition) is 2. The molecule has 1 aliphatic heterocycles. The molecule has 1 fully saturated rings. The predicted molar refractivity (Wildman–Crippen MR) is 99.6 cm³/mol. The third-order valence-electron chi connectivity index (χ3n) is 5.12. The lowest BCUT2D eigenvalue weighted by Crippen LogP contribution is -2.57. The highest BCUT2D eigenvalue weighted by Crippen LogP contribution is 2.44. The Labute approximate surface area is 161 Å². The number of carbonyl (C=O) groups excluding carboxylic acids is 2. The van der Waals surface area contributed by atoms with Crippen LogP contribution < -0.4 is 20.3 Å². The molecule has 2 N–H and O–H groups in total. The fraction of sp³-hybridized carbons (Fsp3) is 0.300. The number of carbonyl (C=O) groups is 2. The SMILES string of the molecule is O=C(NNC(=O)C1(c2cccc(Cl)c2)CCC1)C1COc2ccccc2O1. The van der Waals surface area contributed by atoms with Crippen molar-refractivity contribution in [3.63, 3.8) is 0 Å². The molecule has 6 nitrogen and oxygen atoms in total. The van der Waals surface area contributed by atoms with E-state index in [4.69, 9.17) is 21.1 Å². The second-order valence-corrected chi connectivity index (χ2v) is 7.19. The highest BCUT2D eigenvalue weighted by atomic mass is 35.5. The summed E-state index contributed by atoms with van der Waals surface area (Å²) < 4.78 is 11.2. The third kappa shape index (κ3) is 3.32. The molecule has 1 saturated carbocycles. The number of amides is 2. The van der Waals surface area contributed by atoms with Gasteiger partial charge in [0.1, 0.15) is 6.61 Å². The van der Waals surface area contributed by atoms with E-state index in [0.29, 0.717) is 29.4 Å². The first-order valence-corrected chi connectivity index (χ1v) is 9.21. The molecular weight excluding hydrogens is 368 g/mol. The quantitative estimate of drug-likeness (QED) is 0.795. The number of ether oxygens (including phenoxy) is 2. The van der Waals surface area contributed by atoms with Crippen molar-refractivity contribution in [2.75, 3.05) is 6.61 Å². The molecule has 2 aromatic rings. The Hall–Kier alpha value is -2.73. The summed E-state index contributed by atoms with van der Waals surface area (Å²) in [6.45, 7) is 0.0815. The summed E-state index contributed by atoms with van der Waals surface area (Å²) in [5.41, 5.74) is 5.21. The Balaban J connectivity index is 1.40. The monoisotopic (exact) mass is 386 g/mol. The average molecular weight is 387 g/mol. The van der Waals surface area contributed by atoms with Crippen LogP contribution in [0.4, 0.5) is 0 Å². The van der Waals surface area contributed by atoms with E-state index < -0.39 is 17.4 Å². The molecule has 0 spiro atoms. The van der Waals surface area contributed by atoms with Gasteiger partial charge in [-0.25, -0.2) is 0 Å². The topological polar surface area (TPSA) is 76.7 Å². The summed E-state index contributed by atoms with van der Waals surface area (Å²) in [5, 5.41) is 0.585. The highest BCUT2D eigenvalue weighted by molar-refractivity contribution is 6.30. The lowest BCUT2D eigenvalue weighted by atomic mass is 9.64. The first-order chi connectivity index (χ1) is 13.1. The molecule has 27 heavy (non-hydrogen) atoms. The van der Waals surface area contributed by atoms with Crippen LogP contribution in [0.25, 0.3) is 0 Å². The maximum atomic E-state index is 12.8. The fourth-order valence-corrected chi connectivity index (χ4v) is 3.62. The molecule has 4 rings (SSSR count). The van der Waals surface area contributed by atoms with Gasteiger partial charge in [0.15, 0.2) is 11.5 Å². The van der Waals surface area contributed by atoms with Gasteiger partial charge in [0.05, 0.1) is 5.41 Å². The van der Waals surface area contributed by atoms with Gasteiger partial charge in [-0.3, -0.25) is 20.4 Å². The maximum absolute atomic E-state index is 12.8. The van der Waals surface area contributed by atoms with Gasteiger partial charge in [0.25, 0.3) is 5.91 Å². The van der Waals surface area contributed by atoms with Gasteiger partial charge >= 0.3 is 0 Å². The second kappa shape index (κ2) is 7.12. The van der Waals surface area contributed by atoms with E-state index in [0.717, 1.165) is 12.0 Å². The summed E-state index contributed by atoms with van der Waals surface area (Å²) in [5.74, 6) is 0.393. The molecule has 1 heterocycles. The molecule has 140 valence electrons. The number of para-hydroxylation sites is 2. The molecule has 0 radical (unpaired) electrons. The molecular formula is C20H19ClN2O4. The summed E-state index contributed by atoms with van der Waals surface area (Å²) in [6.07, 6.45) is 1.55. The number of fused-ring (bicyclic) bond motifs is 1. The highest BCUT2D eigenvalue weighted by Gasteiger charge is 2.46. The normalized spacial score (nSPS) is 19.5. The minimum absolute atomic E-state index is 0.0815. The summed E-state index contributed by atoms with van der Waals surface area (Å²) in [7, 11) is 0. The maximum Gasteiger partial charge on any atom is 0.283 e. The number of hydrazine groups is 1. The minimum Gasteiger partial charge on any atom is -0.485 e. The van der Waals surface area contributed by atoms with Gasteiger partial charge in [0.2, 0.25) is 12.0 Å². The van der Waals surface area contributed by atoms with E-state index in [-0.39, 0.29) is 12.5 Å². The third-order valence-corrected chi connectivity index (χ3v) is 5.35. The number of rotatable bonds is 3. The Morgan fingerprint density at radius 1 is 1.04 bits per heavy atom. The standard InChI is InChI=1S/C20H19ClN2O4/c21-14-6-3-5-13(11-14)20(9-4-10-20)19(25)23-22-18(24)17-12-26-15-7-1-2-8-16(15)27-17/h1-3,5-8,11,17H,4,9-10,12H2,(H,22,24)(H,23,25). The van der Waals surface area contributed by atoms with Crippen molar-refractivity contribution < 1.29 is 19.1 Å². The summed E-state index contributed by atoms with van der Waals surface area (Å²) in [6, 6.07) is 14.4. The molecule has 7 heteroatoms. The summed E-state index contributed by atoms with van der Waals surface area (Å²) in [4.78, 5) is 25.2. The first kappa shape index (κ1) is 17.7. The molecule has 2 aliphatic rings. The van der Waals surface area contributed by atoms with E-state index in [2.05, 4.69) is 10.9 Å². The molecule has 2 aromatic carbocycles. The van der Waals surface area contributed by atoms with Crippen LogP contribution in [0.1, 0.15) is 24.8 Å². The Morgan fingerprint density at radius 3 is 2.52 bits per heavy atom. The van der Waals surface area contributed by atoms with E-state index in [1.165, 1.54) is 0 Å². The van der Waals surface area contributed by atoms with E-state index in [9.17, 15) is 9.59 Å². The summed E-state index contributed by atoms with van der Waals surface area (Å²) >= 11 is 6.08. The fourth-order valence-electron chi connectivity index (χ4n) is 3.43. The molecule has 0 saturated heterocycles.